The number of rotatable bonds is 4. The third-order valence-electron chi connectivity index (χ3n) is 5.78. The summed E-state index contributed by atoms with van der Waals surface area (Å²) < 4.78 is 5.74. The minimum Gasteiger partial charge on any atom is -0.455 e. The molecule has 0 unspecified atom stereocenters. The fourth-order valence-electron chi connectivity index (χ4n) is 4.01. The lowest BCUT2D eigenvalue weighted by molar-refractivity contribution is 0.0494. The average molecular weight is 379 g/mol. The highest BCUT2D eigenvalue weighted by atomic mass is 16.5. The van der Waals surface area contributed by atoms with Crippen LogP contribution in [0, 0.1) is 5.92 Å². The van der Waals surface area contributed by atoms with Gasteiger partial charge in [0.25, 0.3) is 5.91 Å². The van der Waals surface area contributed by atoms with Crippen LogP contribution in [-0.2, 0) is 12.0 Å². The SMILES string of the molecule is CC1(C)CNCc2cc(Nc3ncc4c(n3)OCN(CC3CC3)C4=O)ccc21. The van der Waals surface area contributed by atoms with E-state index in [9.17, 15) is 4.79 Å². The molecule has 0 bridgehead atoms. The van der Waals surface area contributed by atoms with Crippen LogP contribution in [0.3, 0.4) is 0 Å². The summed E-state index contributed by atoms with van der Waals surface area (Å²) in [5.74, 6) is 1.38. The lowest BCUT2D eigenvalue weighted by atomic mass is 9.79. The van der Waals surface area contributed by atoms with E-state index in [2.05, 4.69) is 52.6 Å². The molecule has 1 fully saturated rings. The molecule has 1 aromatic carbocycles. The molecule has 5 rings (SSSR count). The van der Waals surface area contributed by atoms with Crippen molar-refractivity contribution in [2.75, 3.05) is 25.1 Å². The number of aromatic nitrogens is 2. The first-order valence-corrected chi connectivity index (χ1v) is 9.90. The van der Waals surface area contributed by atoms with Crippen molar-refractivity contribution in [2.24, 2.45) is 5.92 Å². The predicted octanol–water partition coefficient (Wildman–Crippen LogP) is 2.80. The topological polar surface area (TPSA) is 79.4 Å². The number of anilines is 2. The monoisotopic (exact) mass is 379 g/mol. The van der Waals surface area contributed by atoms with Crippen molar-refractivity contribution in [3.05, 3.63) is 41.1 Å². The molecule has 0 atom stereocenters. The van der Waals surface area contributed by atoms with Crippen molar-refractivity contribution in [3.8, 4) is 5.88 Å². The fourth-order valence-corrected chi connectivity index (χ4v) is 4.01. The molecule has 1 aromatic heterocycles. The largest absolute Gasteiger partial charge is 0.455 e. The Bertz CT molecular complexity index is 938. The Balaban J connectivity index is 1.35. The van der Waals surface area contributed by atoms with Crippen LogP contribution in [0.5, 0.6) is 5.88 Å². The summed E-state index contributed by atoms with van der Waals surface area (Å²) in [4.78, 5) is 23.1. The Labute approximate surface area is 164 Å². The molecule has 0 spiro atoms. The van der Waals surface area contributed by atoms with Gasteiger partial charge >= 0.3 is 0 Å². The smallest absolute Gasteiger partial charge is 0.263 e. The normalized spacial score (nSPS) is 20.2. The maximum absolute atomic E-state index is 12.6. The van der Waals surface area contributed by atoms with Gasteiger partial charge in [-0.2, -0.15) is 4.98 Å². The fraction of sp³-hybridized carbons (Fsp3) is 0.476. The molecule has 0 radical (unpaired) electrons. The third kappa shape index (κ3) is 3.20. The summed E-state index contributed by atoms with van der Waals surface area (Å²) in [5, 5.41) is 6.71. The van der Waals surface area contributed by atoms with E-state index in [1.165, 1.54) is 24.0 Å². The van der Waals surface area contributed by atoms with Gasteiger partial charge in [-0.1, -0.05) is 19.9 Å². The zero-order valence-electron chi connectivity index (χ0n) is 16.3. The van der Waals surface area contributed by atoms with Gasteiger partial charge in [-0.05, 0) is 42.0 Å². The van der Waals surface area contributed by atoms with Gasteiger partial charge in [-0.25, -0.2) is 4.98 Å². The van der Waals surface area contributed by atoms with Gasteiger partial charge in [-0.15, -0.1) is 0 Å². The number of benzene rings is 1. The number of carbonyl (C=O) groups excluding carboxylic acids is 1. The summed E-state index contributed by atoms with van der Waals surface area (Å²) in [6.07, 6.45) is 3.96. The van der Waals surface area contributed by atoms with Gasteiger partial charge < -0.3 is 20.3 Å². The van der Waals surface area contributed by atoms with Crippen LogP contribution in [0.15, 0.2) is 24.4 Å². The molecular weight excluding hydrogens is 354 g/mol. The molecule has 1 saturated carbocycles. The van der Waals surface area contributed by atoms with Crippen LogP contribution < -0.4 is 15.4 Å². The predicted molar refractivity (Wildman–Crippen MR) is 106 cm³/mol. The number of hydrogen-bond acceptors (Lipinski definition) is 6. The molecule has 0 saturated heterocycles. The van der Waals surface area contributed by atoms with E-state index >= 15 is 0 Å². The Hall–Kier alpha value is -2.67. The minimum atomic E-state index is -0.0400. The van der Waals surface area contributed by atoms with Gasteiger partial charge in [0.15, 0.2) is 6.73 Å². The highest BCUT2D eigenvalue weighted by molar-refractivity contribution is 5.97. The number of carbonyl (C=O) groups is 1. The van der Waals surface area contributed by atoms with Crippen molar-refractivity contribution >= 4 is 17.5 Å². The number of amides is 1. The van der Waals surface area contributed by atoms with Crippen LogP contribution in [0.2, 0.25) is 0 Å². The van der Waals surface area contributed by atoms with Gasteiger partial charge in [0.2, 0.25) is 11.8 Å². The molecule has 3 heterocycles. The second-order valence-corrected chi connectivity index (χ2v) is 8.64. The first-order valence-electron chi connectivity index (χ1n) is 9.90. The maximum atomic E-state index is 12.6. The number of nitrogens with zero attached hydrogens (tertiary/aromatic N) is 3. The van der Waals surface area contributed by atoms with Crippen LogP contribution in [-0.4, -0.2) is 40.6 Å². The van der Waals surface area contributed by atoms with Gasteiger partial charge in [0.05, 0.1) is 0 Å². The lowest BCUT2D eigenvalue weighted by Crippen LogP contribution is -2.40. The van der Waals surface area contributed by atoms with Gasteiger partial charge in [0.1, 0.15) is 5.56 Å². The Morgan fingerprint density at radius 2 is 2.21 bits per heavy atom. The second kappa shape index (κ2) is 6.44. The van der Waals surface area contributed by atoms with Crippen molar-refractivity contribution in [1.82, 2.24) is 20.2 Å². The zero-order chi connectivity index (χ0) is 19.3. The van der Waals surface area contributed by atoms with E-state index in [4.69, 9.17) is 4.74 Å². The highest BCUT2D eigenvalue weighted by Crippen LogP contribution is 2.33. The molecule has 2 aromatic rings. The van der Waals surface area contributed by atoms with E-state index in [0.29, 0.717) is 23.3 Å². The summed E-state index contributed by atoms with van der Waals surface area (Å²) in [6, 6.07) is 6.36. The average Bonchev–Trinajstić information content (AvgIpc) is 3.48. The minimum absolute atomic E-state index is 0.0400. The van der Waals surface area contributed by atoms with Crippen LogP contribution >= 0.6 is 0 Å². The van der Waals surface area contributed by atoms with Crippen molar-refractivity contribution in [3.63, 3.8) is 0 Å². The van der Waals surface area contributed by atoms with Crippen molar-refractivity contribution in [1.29, 1.82) is 0 Å². The Kier molecular flexibility index (Phi) is 4.01. The number of nitrogens with one attached hydrogen (secondary N) is 2. The molecule has 28 heavy (non-hydrogen) atoms. The number of fused-ring (bicyclic) bond motifs is 2. The Morgan fingerprint density at radius 1 is 1.36 bits per heavy atom. The van der Waals surface area contributed by atoms with Crippen LogP contribution in [0.25, 0.3) is 0 Å². The molecular formula is C21H25N5O2. The molecule has 7 nitrogen and oxygen atoms in total. The Morgan fingerprint density at radius 3 is 3.04 bits per heavy atom. The first-order chi connectivity index (χ1) is 13.5. The highest BCUT2D eigenvalue weighted by Gasteiger charge is 2.32. The van der Waals surface area contributed by atoms with E-state index in [1.54, 1.807) is 11.1 Å². The van der Waals surface area contributed by atoms with Gasteiger partial charge in [-0.3, -0.25) is 4.79 Å². The van der Waals surface area contributed by atoms with E-state index in [1.807, 2.05) is 0 Å². The maximum Gasteiger partial charge on any atom is 0.263 e. The summed E-state index contributed by atoms with van der Waals surface area (Å²) in [6.45, 7) is 7.35. The molecule has 2 aliphatic heterocycles. The summed E-state index contributed by atoms with van der Waals surface area (Å²) >= 11 is 0. The van der Waals surface area contributed by atoms with Crippen LogP contribution in [0.1, 0.15) is 48.2 Å². The zero-order valence-corrected chi connectivity index (χ0v) is 16.3. The van der Waals surface area contributed by atoms with Crippen molar-refractivity contribution < 1.29 is 9.53 Å². The van der Waals surface area contributed by atoms with E-state index in [0.717, 1.165) is 25.3 Å². The van der Waals surface area contributed by atoms with Crippen LogP contribution in [0.4, 0.5) is 11.6 Å². The summed E-state index contributed by atoms with van der Waals surface area (Å²) in [5.41, 5.74) is 4.13. The molecule has 2 N–H and O–H groups in total. The molecule has 1 aliphatic carbocycles. The molecule has 3 aliphatic rings. The van der Waals surface area contributed by atoms with Gasteiger partial charge in [0, 0.05) is 36.9 Å². The number of ether oxygens (including phenoxy) is 1. The lowest BCUT2D eigenvalue weighted by Gasteiger charge is -2.33. The number of hydrogen-bond donors (Lipinski definition) is 2. The first kappa shape index (κ1) is 17.4. The summed E-state index contributed by atoms with van der Waals surface area (Å²) in [7, 11) is 0. The second-order valence-electron chi connectivity index (χ2n) is 8.64. The third-order valence-corrected chi connectivity index (χ3v) is 5.78. The van der Waals surface area contributed by atoms with Crippen molar-refractivity contribution in [2.45, 2.75) is 38.6 Å². The molecule has 146 valence electrons. The molecule has 1 amide bonds. The quantitative estimate of drug-likeness (QED) is 0.850. The van der Waals surface area contributed by atoms with E-state index < -0.39 is 0 Å². The van der Waals surface area contributed by atoms with E-state index in [-0.39, 0.29) is 18.1 Å². The standard InChI is InChI=1S/C21H25N5O2/c1-21(2)11-22-8-14-7-15(5-6-17(14)21)24-20-23-9-16-18(25-20)28-12-26(19(16)27)10-13-3-4-13/h5-7,9,13,22H,3-4,8,10-12H2,1-2H3,(H,23,24,25). The molecule has 7 heteroatoms.